The lowest BCUT2D eigenvalue weighted by Crippen LogP contribution is -2.19. The summed E-state index contributed by atoms with van der Waals surface area (Å²) < 4.78 is 5.07. The number of anilines is 1. The van der Waals surface area contributed by atoms with E-state index in [4.69, 9.17) is 4.42 Å². The van der Waals surface area contributed by atoms with Crippen LogP contribution >= 0.6 is 0 Å². The van der Waals surface area contributed by atoms with Crippen LogP contribution in [0.3, 0.4) is 0 Å². The fraction of sp³-hybridized carbons (Fsp3) is 0.350. The predicted molar refractivity (Wildman–Crippen MR) is 102 cm³/mol. The van der Waals surface area contributed by atoms with E-state index in [0.717, 1.165) is 31.2 Å². The Morgan fingerprint density at radius 3 is 2.69 bits per heavy atom. The lowest BCUT2D eigenvalue weighted by molar-refractivity contribution is -0.121. The number of benzene rings is 1. The molecule has 0 aliphatic heterocycles. The van der Waals surface area contributed by atoms with Crippen LogP contribution in [0.5, 0.6) is 0 Å². The first kappa shape index (κ1) is 19.4. The molecular weight excluding hydrogens is 330 g/mol. The molecule has 0 unspecified atom stereocenters. The number of carbonyl (C=O) groups is 2. The first-order chi connectivity index (χ1) is 12.6. The van der Waals surface area contributed by atoms with Crippen molar-refractivity contribution in [2.45, 2.75) is 46.0 Å². The first-order valence-electron chi connectivity index (χ1n) is 8.88. The molecule has 0 radical (unpaired) electrons. The Balaban J connectivity index is 1.91. The smallest absolute Gasteiger partial charge is 0.291 e. The van der Waals surface area contributed by atoms with Crippen LogP contribution in [0.2, 0.25) is 0 Å². The van der Waals surface area contributed by atoms with Crippen molar-refractivity contribution >= 4 is 23.2 Å². The second-order valence-electron chi connectivity index (χ2n) is 6.06. The summed E-state index contributed by atoms with van der Waals surface area (Å²) in [6.45, 7) is 3.95. The summed E-state index contributed by atoms with van der Waals surface area (Å²) in [6.07, 6.45) is 6.16. The minimum atomic E-state index is -0.317. The van der Waals surface area contributed by atoms with Crippen LogP contribution in [0.25, 0.3) is 0 Å². The second-order valence-corrected chi connectivity index (χ2v) is 6.06. The highest BCUT2D eigenvalue weighted by Gasteiger charge is 2.09. The molecule has 1 aromatic heterocycles. The Kier molecular flexibility index (Phi) is 7.61. The molecule has 26 heavy (non-hydrogen) atoms. The number of rotatable bonds is 9. The maximum Gasteiger partial charge on any atom is 0.291 e. The molecule has 0 atom stereocenters. The number of unbranched alkanes of at least 4 members (excludes halogenated alkanes) is 3. The highest BCUT2D eigenvalue weighted by Crippen LogP contribution is 2.13. The van der Waals surface area contributed by atoms with Gasteiger partial charge in [-0.15, -0.1) is 0 Å². The summed E-state index contributed by atoms with van der Waals surface area (Å²) in [7, 11) is 0. The molecule has 0 fully saturated rings. The van der Waals surface area contributed by atoms with Crippen molar-refractivity contribution in [1.82, 2.24) is 5.43 Å². The highest BCUT2D eigenvalue weighted by molar-refractivity contribution is 6.04. The van der Waals surface area contributed by atoms with Gasteiger partial charge in [0.05, 0.1) is 12.0 Å². The van der Waals surface area contributed by atoms with Crippen LogP contribution < -0.4 is 10.7 Å². The summed E-state index contributed by atoms with van der Waals surface area (Å²) >= 11 is 0. The van der Waals surface area contributed by atoms with Crippen LogP contribution in [-0.2, 0) is 4.79 Å². The van der Waals surface area contributed by atoms with Crippen molar-refractivity contribution in [3.63, 3.8) is 0 Å². The van der Waals surface area contributed by atoms with Gasteiger partial charge in [0.15, 0.2) is 5.76 Å². The molecular formula is C20H25N3O3. The van der Waals surface area contributed by atoms with Crippen LogP contribution in [0.1, 0.15) is 62.1 Å². The van der Waals surface area contributed by atoms with Gasteiger partial charge in [0.2, 0.25) is 5.91 Å². The topological polar surface area (TPSA) is 83.7 Å². The van der Waals surface area contributed by atoms with Crippen molar-refractivity contribution < 1.29 is 14.0 Å². The van der Waals surface area contributed by atoms with Crippen molar-refractivity contribution in [1.29, 1.82) is 0 Å². The molecule has 2 aromatic rings. The van der Waals surface area contributed by atoms with E-state index in [0.29, 0.717) is 17.8 Å². The van der Waals surface area contributed by atoms with Gasteiger partial charge in [0.25, 0.3) is 5.91 Å². The molecule has 6 nitrogen and oxygen atoms in total. The van der Waals surface area contributed by atoms with Crippen LogP contribution in [0, 0.1) is 0 Å². The average molecular weight is 355 g/mol. The largest absolute Gasteiger partial charge is 0.459 e. The quantitative estimate of drug-likeness (QED) is 0.399. The third-order valence-corrected chi connectivity index (χ3v) is 3.89. The molecule has 0 spiro atoms. The van der Waals surface area contributed by atoms with E-state index < -0.39 is 0 Å². The lowest BCUT2D eigenvalue weighted by atomic mass is 10.1. The molecule has 1 heterocycles. The molecule has 2 rings (SSSR count). The number of nitrogens with zero attached hydrogens (tertiary/aromatic N) is 1. The van der Waals surface area contributed by atoms with Crippen LogP contribution in [0.15, 0.2) is 52.2 Å². The number of hydrogen-bond acceptors (Lipinski definition) is 4. The second kappa shape index (κ2) is 10.2. The molecule has 2 amide bonds. The normalized spacial score (nSPS) is 11.2. The third-order valence-electron chi connectivity index (χ3n) is 3.89. The maximum absolute atomic E-state index is 12.0. The Bertz CT molecular complexity index is 751. The van der Waals surface area contributed by atoms with Gasteiger partial charge in [-0.1, -0.05) is 38.3 Å². The third kappa shape index (κ3) is 6.20. The van der Waals surface area contributed by atoms with E-state index in [1.165, 1.54) is 6.26 Å². The number of furan rings is 1. The molecule has 0 saturated carbocycles. The fourth-order valence-electron chi connectivity index (χ4n) is 2.40. The molecule has 0 saturated heterocycles. The number of carbonyl (C=O) groups excluding carboxylic acids is 2. The van der Waals surface area contributed by atoms with Gasteiger partial charge in [0.1, 0.15) is 0 Å². The Morgan fingerprint density at radius 1 is 1.12 bits per heavy atom. The van der Waals surface area contributed by atoms with E-state index >= 15 is 0 Å². The van der Waals surface area contributed by atoms with Crippen molar-refractivity contribution in [3.05, 3.63) is 54.0 Å². The zero-order valence-corrected chi connectivity index (χ0v) is 15.2. The van der Waals surface area contributed by atoms with Gasteiger partial charge in [-0.05, 0) is 43.2 Å². The van der Waals surface area contributed by atoms with Crippen LogP contribution in [-0.4, -0.2) is 17.5 Å². The van der Waals surface area contributed by atoms with E-state index in [9.17, 15) is 9.59 Å². The lowest BCUT2D eigenvalue weighted by Gasteiger charge is -2.07. The summed E-state index contributed by atoms with van der Waals surface area (Å²) in [4.78, 5) is 23.8. The Labute approximate surface area is 153 Å². The maximum atomic E-state index is 12.0. The number of hydrogen-bond donors (Lipinski definition) is 2. The van der Waals surface area contributed by atoms with Gasteiger partial charge in [-0.25, -0.2) is 5.43 Å². The van der Waals surface area contributed by atoms with Crippen molar-refractivity contribution in [2.24, 2.45) is 5.10 Å². The molecule has 0 aliphatic rings. The van der Waals surface area contributed by atoms with Gasteiger partial charge in [-0.3, -0.25) is 9.59 Å². The van der Waals surface area contributed by atoms with E-state index in [2.05, 4.69) is 22.8 Å². The number of nitrogens with one attached hydrogen (secondary N) is 2. The summed E-state index contributed by atoms with van der Waals surface area (Å²) in [5.74, 6) is -0.152. The Morgan fingerprint density at radius 2 is 1.96 bits per heavy atom. The fourth-order valence-corrected chi connectivity index (χ4v) is 2.40. The standard InChI is InChI=1S/C20H25N3O3/c1-3-4-5-6-12-19(24)23-22-15(2)16-9-7-10-17(14-16)21-20(25)18-11-8-13-26-18/h7-11,13-14H,3-6,12H2,1-2H3,(H,21,25)(H,23,24). The summed E-state index contributed by atoms with van der Waals surface area (Å²) in [5.41, 5.74) is 4.70. The monoisotopic (exact) mass is 355 g/mol. The van der Waals surface area contributed by atoms with Crippen molar-refractivity contribution in [3.8, 4) is 0 Å². The highest BCUT2D eigenvalue weighted by atomic mass is 16.3. The molecule has 138 valence electrons. The van der Waals surface area contributed by atoms with Crippen LogP contribution in [0.4, 0.5) is 5.69 Å². The molecule has 6 heteroatoms. The van der Waals surface area contributed by atoms with E-state index in [1.807, 2.05) is 19.1 Å². The minimum absolute atomic E-state index is 0.0808. The minimum Gasteiger partial charge on any atom is -0.459 e. The van der Waals surface area contributed by atoms with E-state index in [1.54, 1.807) is 24.3 Å². The number of amides is 2. The van der Waals surface area contributed by atoms with Gasteiger partial charge in [0, 0.05) is 12.1 Å². The Hall–Kier alpha value is -2.89. The average Bonchev–Trinajstić information content (AvgIpc) is 3.18. The molecule has 2 N–H and O–H groups in total. The summed E-state index contributed by atoms with van der Waals surface area (Å²) in [6, 6.07) is 10.5. The van der Waals surface area contributed by atoms with E-state index in [-0.39, 0.29) is 17.6 Å². The summed E-state index contributed by atoms with van der Waals surface area (Å²) in [5, 5.41) is 6.92. The number of hydrazone groups is 1. The van der Waals surface area contributed by atoms with Gasteiger partial charge < -0.3 is 9.73 Å². The first-order valence-corrected chi connectivity index (χ1v) is 8.88. The SMILES string of the molecule is CCCCCCC(=O)NN=C(C)c1cccc(NC(=O)c2ccco2)c1. The zero-order valence-electron chi connectivity index (χ0n) is 15.2. The van der Waals surface area contributed by atoms with Gasteiger partial charge in [-0.2, -0.15) is 5.10 Å². The van der Waals surface area contributed by atoms with Gasteiger partial charge >= 0.3 is 0 Å². The molecule has 1 aromatic carbocycles. The van der Waals surface area contributed by atoms with Crippen molar-refractivity contribution in [2.75, 3.05) is 5.32 Å². The molecule has 0 bridgehead atoms. The zero-order chi connectivity index (χ0) is 18.8. The molecule has 0 aliphatic carbocycles. The predicted octanol–water partition coefficient (Wildman–Crippen LogP) is 4.34.